The van der Waals surface area contributed by atoms with Crippen LogP contribution in [-0.4, -0.2) is 37.0 Å². The number of amides is 1. The van der Waals surface area contributed by atoms with Crippen LogP contribution >= 0.6 is 0 Å². The van der Waals surface area contributed by atoms with Gasteiger partial charge in [-0.3, -0.25) is 14.8 Å². The van der Waals surface area contributed by atoms with Crippen molar-refractivity contribution in [2.24, 2.45) is 4.99 Å². The lowest BCUT2D eigenvalue weighted by Gasteiger charge is -2.12. The number of hydrogen-bond donors (Lipinski definition) is 3. The lowest BCUT2D eigenvalue weighted by atomic mass is 10.1. The van der Waals surface area contributed by atoms with Gasteiger partial charge in [-0.2, -0.15) is 0 Å². The maximum atomic E-state index is 11.9. The van der Waals surface area contributed by atoms with E-state index in [0.717, 1.165) is 30.2 Å². The highest BCUT2D eigenvalue weighted by Crippen LogP contribution is 2.05. The van der Waals surface area contributed by atoms with Crippen LogP contribution in [0, 0.1) is 0 Å². The van der Waals surface area contributed by atoms with Crippen molar-refractivity contribution in [1.29, 1.82) is 0 Å². The van der Waals surface area contributed by atoms with Crippen LogP contribution in [0.15, 0.2) is 53.7 Å². The lowest BCUT2D eigenvalue weighted by Crippen LogP contribution is -2.38. The zero-order valence-corrected chi connectivity index (χ0v) is 14.7. The lowest BCUT2D eigenvalue weighted by molar-refractivity contribution is 0.0955. The Kier molecular flexibility index (Phi) is 7.43. The Morgan fingerprint density at radius 2 is 2.00 bits per heavy atom. The van der Waals surface area contributed by atoms with Gasteiger partial charge < -0.3 is 16.0 Å². The molecular formula is C19H25N5O. The maximum Gasteiger partial charge on any atom is 0.251 e. The van der Waals surface area contributed by atoms with Crippen molar-refractivity contribution in [2.75, 3.05) is 20.1 Å². The van der Waals surface area contributed by atoms with E-state index in [1.54, 1.807) is 13.2 Å². The standard InChI is InChI=1S/C19H25N5O/c1-3-21-18(25)16-8-6-7-15(13-16)14-24-19(20-2)23-12-10-17-9-4-5-11-22-17/h4-9,11,13H,3,10,12,14H2,1-2H3,(H,21,25)(H2,20,23,24). The van der Waals surface area contributed by atoms with Gasteiger partial charge in [-0.1, -0.05) is 18.2 Å². The van der Waals surface area contributed by atoms with Crippen molar-refractivity contribution < 1.29 is 4.79 Å². The summed E-state index contributed by atoms with van der Waals surface area (Å²) >= 11 is 0. The number of aromatic nitrogens is 1. The van der Waals surface area contributed by atoms with Crippen LogP contribution in [0.1, 0.15) is 28.5 Å². The predicted molar refractivity (Wildman–Crippen MR) is 101 cm³/mol. The van der Waals surface area contributed by atoms with E-state index in [2.05, 4.69) is 25.9 Å². The molecule has 1 aromatic heterocycles. The predicted octanol–water partition coefficient (Wildman–Crippen LogP) is 1.74. The van der Waals surface area contributed by atoms with E-state index in [1.807, 2.05) is 49.4 Å². The summed E-state index contributed by atoms with van der Waals surface area (Å²) in [6.07, 6.45) is 2.62. The molecule has 0 aliphatic heterocycles. The van der Waals surface area contributed by atoms with Crippen molar-refractivity contribution in [3.8, 4) is 0 Å². The van der Waals surface area contributed by atoms with E-state index in [-0.39, 0.29) is 5.91 Å². The molecule has 0 saturated carbocycles. The van der Waals surface area contributed by atoms with Gasteiger partial charge in [-0.15, -0.1) is 0 Å². The second-order valence-electron chi connectivity index (χ2n) is 5.48. The zero-order chi connectivity index (χ0) is 17.9. The molecule has 1 amide bonds. The SMILES string of the molecule is CCNC(=O)c1cccc(CNC(=NC)NCCc2ccccn2)c1. The zero-order valence-electron chi connectivity index (χ0n) is 14.7. The monoisotopic (exact) mass is 339 g/mol. The van der Waals surface area contributed by atoms with Crippen LogP contribution in [0.25, 0.3) is 0 Å². The number of carbonyl (C=O) groups is 1. The van der Waals surface area contributed by atoms with E-state index in [1.165, 1.54) is 0 Å². The number of nitrogens with zero attached hydrogens (tertiary/aromatic N) is 2. The maximum absolute atomic E-state index is 11.9. The molecule has 1 heterocycles. The topological polar surface area (TPSA) is 78.4 Å². The van der Waals surface area contributed by atoms with E-state index >= 15 is 0 Å². The summed E-state index contributed by atoms with van der Waals surface area (Å²) in [6, 6.07) is 13.5. The first-order valence-electron chi connectivity index (χ1n) is 8.44. The van der Waals surface area contributed by atoms with Gasteiger partial charge in [-0.05, 0) is 36.8 Å². The Morgan fingerprint density at radius 3 is 2.72 bits per heavy atom. The summed E-state index contributed by atoms with van der Waals surface area (Å²) in [7, 11) is 1.74. The highest BCUT2D eigenvalue weighted by molar-refractivity contribution is 5.94. The van der Waals surface area contributed by atoms with Crippen LogP contribution in [0.3, 0.4) is 0 Å². The van der Waals surface area contributed by atoms with Crippen molar-refractivity contribution >= 4 is 11.9 Å². The largest absolute Gasteiger partial charge is 0.356 e. The third-order valence-corrected chi connectivity index (χ3v) is 3.61. The van der Waals surface area contributed by atoms with E-state index in [4.69, 9.17) is 0 Å². The molecule has 0 aliphatic rings. The summed E-state index contributed by atoms with van der Waals surface area (Å²) < 4.78 is 0. The quantitative estimate of drug-likeness (QED) is 0.530. The minimum absolute atomic E-state index is 0.0535. The number of nitrogens with one attached hydrogen (secondary N) is 3. The summed E-state index contributed by atoms with van der Waals surface area (Å²) in [5, 5.41) is 9.33. The highest BCUT2D eigenvalue weighted by atomic mass is 16.1. The minimum atomic E-state index is -0.0535. The molecular weight excluding hydrogens is 314 g/mol. The molecule has 0 atom stereocenters. The Hall–Kier alpha value is -2.89. The van der Waals surface area contributed by atoms with E-state index in [9.17, 15) is 4.79 Å². The van der Waals surface area contributed by atoms with Crippen molar-refractivity contribution in [1.82, 2.24) is 20.9 Å². The average Bonchev–Trinajstić information content (AvgIpc) is 2.66. The summed E-state index contributed by atoms with van der Waals surface area (Å²) in [6.45, 7) is 3.87. The van der Waals surface area contributed by atoms with Crippen molar-refractivity contribution in [2.45, 2.75) is 19.9 Å². The van der Waals surface area contributed by atoms with Crippen molar-refractivity contribution in [3.63, 3.8) is 0 Å². The smallest absolute Gasteiger partial charge is 0.251 e. The molecule has 0 fully saturated rings. The number of hydrogen-bond acceptors (Lipinski definition) is 3. The van der Waals surface area contributed by atoms with Crippen molar-refractivity contribution in [3.05, 3.63) is 65.5 Å². The molecule has 6 nitrogen and oxygen atoms in total. The van der Waals surface area contributed by atoms with Crippen LogP contribution in [0.4, 0.5) is 0 Å². The molecule has 2 rings (SSSR count). The normalized spacial score (nSPS) is 11.0. The molecule has 2 aromatic rings. The van der Waals surface area contributed by atoms with E-state index in [0.29, 0.717) is 18.7 Å². The first-order chi connectivity index (χ1) is 12.2. The molecule has 6 heteroatoms. The summed E-state index contributed by atoms with van der Waals surface area (Å²) in [5.74, 6) is 0.668. The Bertz CT molecular complexity index is 700. The van der Waals surface area contributed by atoms with Gasteiger partial charge in [0.25, 0.3) is 5.91 Å². The summed E-state index contributed by atoms with van der Waals surface area (Å²) in [5.41, 5.74) is 2.73. The molecule has 132 valence electrons. The number of aliphatic imine (C=N–C) groups is 1. The van der Waals surface area contributed by atoms with Gasteiger partial charge in [0.2, 0.25) is 0 Å². The number of rotatable bonds is 7. The molecule has 0 spiro atoms. The third kappa shape index (κ3) is 6.25. The number of carbonyl (C=O) groups excluding carboxylic acids is 1. The Morgan fingerprint density at radius 1 is 1.12 bits per heavy atom. The van der Waals surface area contributed by atoms with E-state index < -0.39 is 0 Å². The van der Waals surface area contributed by atoms with Gasteiger partial charge >= 0.3 is 0 Å². The molecule has 0 aliphatic carbocycles. The molecule has 0 unspecified atom stereocenters. The van der Waals surface area contributed by atoms with Crippen LogP contribution in [0.2, 0.25) is 0 Å². The minimum Gasteiger partial charge on any atom is -0.356 e. The van der Waals surface area contributed by atoms with Crippen LogP contribution in [0.5, 0.6) is 0 Å². The molecule has 25 heavy (non-hydrogen) atoms. The fraction of sp³-hybridized carbons (Fsp3) is 0.316. The van der Waals surface area contributed by atoms with Gasteiger partial charge in [0.1, 0.15) is 0 Å². The van der Waals surface area contributed by atoms with Crippen LogP contribution < -0.4 is 16.0 Å². The third-order valence-electron chi connectivity index (χ3n) is 3.61. The molecule has 0 bridgehead atoms. The number of guanidine groups is 1. The molecule has 1 aromatic carbocycles. The van der Waals surface area contributed by atoms with Gasteiger partial charge in [0.05, 0.1) is 0 Å². The molecule has 0 radical (unpaired) electrons. The highest BCUT2D eigenvalue weighted by Gasteiger charge is 2.05. The fourth-order valence-electron chi connectivity index (χ4n) is 2.35. The number of pyridine rings is 1. The molecule has 3 N–H and O–H groups in total. The molecule has 0 saturated heterocycles. The second kappa shape index (κ2) is 10.1. The van der Waals surface area contributed by atoms with Gasteiger partial charge in [-0.25, -0.2) is 0 Å². The number of benzene rings is 1. The van der Waals surface area contributed by atoms with Gasteiger partial charge in [0, 0.05) is 50.6 Å². The second-order valence-corrected chi connectivity index (χ2v) is 5.48. The summed E-state index contributed by atoms with van der Waals surface area (Å²) in [4.78, 5) is 20.4. The first kappa shape index (κ1) is 18.4. The Labute approximate surface area is 148 Å². The fourth-order valence-corrected chi connectivity index (χ4v) is 2.35. The Balaban J connectivity index is 1.82. The first-order valence-corrected chi connectivity index (χ1v) is 8.44. The average molecular weight is 339 g/mol. The van der Waals surface area contributed by atoms with Gasteiger partial charge in [0.15, 0.2) is 5.96 Å². The van der Waals surface area contributed by atoms with Crippen LogP contribution in [-0.2, 0) is 13.0 Å².